The number of benzene rings is 2. The Morgan fingerprint density at radius 3 is 2.30 bits per heavy atom. The second-order valence-electron chi connectivity index (χ2n) is 10.8. The molecule has 2 fully saturated rings. The minimum Gasteiger partial charge on any atom is -0.467 e. The lowest BCUT2D eigenvalue weighted by molar-refractivity contribution is -0.152. The molecule has 12 nitrogen and oxygen atoms in total. The average molecular weight is 594 g/mol. The zero-order valence-electron chi connectivity index (χ0n) is 24.7. The van der Waals surface area contributed by atoms with Crippen LogP contribution in [0.25, 0.3) is 0 Å². The summed E-state index contributed by atoms with van der Waals surface area (Å²) in [5.41, 5.74) is 1.79. The van der Waals surface area contributed by atoms with Crippen LogP contribution in [0, 0.1) is 0 Å². The predicted molar refractivity (Wildman–Crippen MR) is 157 cm³/mol. The van der Waals surface area contributed by atoms with Gasteiger partial charge in [0.05, 0.1) is 19.2 Å². The zero-order valence-corrected chi connectivity index (χ0v) is 24.7. The Morgan fingerprint density at radius 2 is 1.65 bits per heavy atom. The van der Waals surface area contributed by atoms with E-state index in [1.807, 2.05) is 60.7 Å². The number of ether oxygens (including phenoxy) is 2. The fraction of sp³-hybridized carbons (Fsp3) is 0.452. The van der Waals surface area contributed by atoms with Gasteiger partial charge in [-0.1, -0.05) is 60.7 Å². The van der Waals surface area contributed by atoms with Gasteiger partial charge in [-0.05, 0) is 44.2 Å². The fourth-order valence-electron chi connectivity index (χ4n) is 5.57. The van der Waals surface area contributed by atoms with Gasteiger partial charge in [0.2, 0.25) is 11.8 Å². The third-order valence-corrected chi connectivity index (χ3v) is 7.87. The molecule has 230 valence electrons. The van der Waals surface area contributed by atoms with E-state index in [9.17, 15) is 24.0 Å². The molecular weight excluding hydrogens is 554 g/mol. The van der Waals surface area contributed by atoms with Gasteiger partial charge in [-0.3, -0.25) is 9.59 Å². The highest BCUT2D eigenvalue weighted by Gasteiger charge is 2.46. The van der Waals surface area contributed by atoms with Crippen LogP contribution in [-0.2, 0) is 36.9 Å². The summed E-state index contributed by atoms with van der Waals surface area (Å²) in [7, 11) is 1.28. The van der Waals surface area contributed by atoms with Crippen molar-refractivity contribution in [2.45, 2.75) is 69.9 Å². The van der Waals surface area contributed by atoms with Gasteiger partial charge in [-0.25, -0.2) is 14.4 Å². The Bertz CT molecular complexity index is 1290. The van der Waals surface area contributed by atoms with Crippen molar-refractivity contribution in [3.8, 4) is 0 Å². The van der Waals surface area contributed by atoms with Crippen LogP contribution >= 0.6 is 0 Å². The number of methoxy groups -OCH3 is 1. The molecule has 12 heteroatoms. The summed E-state index contributed by atoms with van der Waals surface area (Å²) < 4.78 is 10.1. The largest absolute Gasteiger partial charge is 0.467 e. The Labute approximate surface area is 251 Å². The van der Waals surface area contributed by atoms with E-state index in [1.165, 1.54) is 23.8 Å². The number of hydrogen-bond acceptors (Lipinski definition) is 7. The van der Waals surface area contributed by atoms with E-state index in [4.69, 9.17) is 9.47 Å². The molecule has 5 amide bonds. The second-order valence-corrected chi connectivity index (χ2v) is 10.8. The lowest BCUT2D eigenvalue weighted by atomic mass is 9.99. The van der Waals surface area contributed by atoms with Gasteiger partial charge in [0.15, 0.2) is 0 Å². The summed E-state index contributed by atoms with van der Waals surface area (Å²) in [5.74, 6) is -1.33. The number of esters is 1. The van der Waals surface area contributed by atoms with Gasteiger partial charge < -0.3 is 35.2 Å². The molecule has 0 radical (unpaired) electrons. The van der Waals surface area contributed by atoms with E-state index in [2.05, 4.69) is 16.0 Å². The fourth-order valence-corrected chi connectivity index (χ4v) is 5.57. The normalized spacial score (nSPS) is 21.0. The molecule has 0 aromatic heterocycles. The summed E-state index contributed by atoms with van der Waals surface area (Å²) in [6.45, 7) is 3.63. The lowest BCUT2D eigenvalue weighted by Crippen LogP contribution is -2.57. The topological polar surface area (TPSA) is 146 Å². The number of carbonyl (C=O) groups is 5. The highest BCUT2D eigenvalue weighted by molar-refractivity contribution is 5.92. The summed E-state index contributed by atoms with van der Waals surface area (Å²) in [6, 6.07) is 14.8. The first-order valence-electron chi connectivity index (χ1n) is 14.5. The number of amides is 5. The van der Waals surface area contributed by atoms with Crippen LogP contribution < -0.4 is 16.0 Å². The number of nitrogens with one attached hydrogen (secondary N) is 3. The molecular formula is C31H39N5O7. The summed E-state index contributed by atoms with van der Waals surface area (Å²) in [5, 5.41) is 8.32. The molecule has 0 unspecified atom stereocenters. The first kappa shape index (κ1) is 31.3. The maximum Gasteiger partial charge on any atom is 0.408 e. The van der Waals surface area contributed by atoms with Crippen molar-refractivity contribution >= 4 is 29.9 Å². The number of likely N-dealkylation sites (tertiary alicyclic amines) is 1. The molecule has 0 saturated carbocycles. The predicted octanol–water partition coefficient (Wildman–Crippen LogP) is 1.98. The van der Waals surface area contributed by atoms with Crippen LogP contribution in [0.15, 0.2) is 60.7 Å². The molecule has 0 aliphatic carbocycles. The first-order valence-corrected chi connectivity index (χ1v) is 14.5. The number of hydrogen-bond donors (Lipinski definition) is 3. The maximum absolute atomic E-state index is 13.6. The SMILES string of the molecule is COC(=O)[C@@H]1CCCN1C(=O)[C@H](C)N1C(=O)N[C@@H](Cc2ccccc2)[C@@H]1CNC(=O)[C@H](C)NC(=O)OCc1ccccc1. The van der Waals surface area contributed by atoms with E-state index >= 15 is 0 Å². The lowest BCUT2D eigenvalue weighted by Gasteiger charge is -2.34. The highest BCUT2D eigenvalue weighted by atomic mass is 16.5. The molecule has 43 heavy (non-hydrogen) atoms. The molecule has 2 saturated heterocycles. The third-order valence-electron chi connectivity index (χ3n) is 7.87. The third kappa shape index (κ3) is 7.82. The molecule has 2 aliphatic rings. The van der Waals surface area contributed by atoms with Crippen LogP contribution in [0.2, 0.25) is 0 Å². The number of carbonyl (C=O) groups excluding carboxylic acids is 5. The van der Waals surface area contributed by atoms with Gasteiger partial charge in [0.1, 0.15) is 24.7 Å². The maximum atomic E-state index is 13.6. The molecule has 2 aromatic rings. The van der Waals surface area contributed by atoms with E-state index in [0.717, 1.165) is 11.1 Å². The van der Waals surface area contributed by atoms with Gasteiger partial charge in [-0.15, -0.1) is 0 Å². The Kier molecular flexibility index (Phi) is 10.6. The number of rotatable bonds is 11. The van der Waals surface area contributed by atoms with Crippen molar-refractivity contribution in [3.05, 3.63) is 71.8 Å². The van der Waals surface area contributed by atoms with Gasteiger partial charge in [0.25, 0.3) is 0 Å². The van der Waals surface area contributed by atoms with Crippen molar-refractivity contribution in [2.24, 2.45) is 0 Å². The molecule has 2 heterocycles. The van der Waals surface area contributed by atoms with Crippen molar-refractivity contribution in [3.63, 3.8) is 0 Å². The average Bonchev–Trinajstić information content (AvgIpc) is 3.63. The Morgan fingerprint density at radius 1 is 1.00 bits per heavy atom. The van der Waals surface area contributed by atoms with Crippen molar-refractivity contribution in [1.29, 1.82) is 0 Å². The van der Waals surface area contributed by atoms with Crippen LogP contribution in [0.4, 0.5) is 9.59 Å². The molecule has 2 aromatic carbocycles. The van der Waals surface area contributed by atoms with Gasteiger partial charge in [-0.2, -0.15) is 0 Å². The quantitative estimate of drug-likeness (QED) is 0.338. The Hall–Kier alpha value is -4.61. The Balaban J connectivity index is 1.43. The first-order chi connectivity index (χ1) is 20.7. The van der Waals surface area contributed by atoms with Gasteiger partial charge >= 0.3 is 18.1 Å². The molecule has 4 rings (SSSR count). The van der Waals surface area contributed by atoms with E-state index in [1.54, 1.807) is 6.92 Å². The minimum atomic E-state index is -0.918. The van der Waals surface area contributed by atoms with Crippen molar-refractivity contribution in [2.75, 3.05) is 20.2 Å². The molecule has 5 atom stereocenters. The molecule has 0 spiro atoms. The minimum absolute atomic E-state index is 0.0260. The summed E-state index contributed by atoms with van der Waals surface area (Å²) in [6.07, 6.45) is 0.877. The molecule has 0 bridgehead atoms. The van der Waals surface area contributed by atoms with E-state index in [-0.39, 0.29) is 19.1 Å². The van der Waals surface area contributed by atoms with E-state index in [0.29, 0.717) is 25.8 Å². The van der Waals surface area contributed by atoms with Crippen LogP contribution in [0.1, 0.15) is 37.8 Å². The van der Waals surface area contributed by atoms with Gasteiger partial charge in [0, 0.05) is 13.1 Å². The monoisotopic (exact) mass is 593 g/mol. The van der Waals surface area contributed by atoms with Crippen LogP contribution in [-0.4, -0.2) is 90.1 Å². The van der Waals surface area contributed by atoms with Crippen molar-refractivity contribution < 1.29 is 33.4 Å². The molecule has 3 N–H and O–H groups in total. The summed E-state index contributed by atoms with van der Waals surface area (Å²) >= 11 is 0. The van der Waals surface area contributed by atoms with Crippen LogP contribution in [0.5, 0.6) is 0 Å². The highest BCUT2D eigenvalue weighted by Crippen LogP contribution is 2.25. The number of urea groups is 1. The van der Waals surface area contributed by atoms with E-state index < -0.39 is 54.2 Å². The number of nitrogens with zero attached hydrogens (tertiary/aromatic N) is 2. The standard InChI is InChI=1S/C31H39N5O7/c1-20(33-31(41)43-19-23-13-8-5-9-14-23)27(37)32-18-26-24(17-22-11-6-4-7-12-22)34-30(40)36(26)21(2)28(38)35-16-10-15-25(35)29(39)42-3/h4-9,11-14,20-21,24-26H,10,15-19H2,1-3H3,(H,32,37)(H,33,41)(H,34,40)/t20-,21-,24-,25-,26-/m0/s1. The van der Waals surface area contributed by atoms with Crippen molar-refractivity contribution in [1.82, 2.24) is 25.8 Å². The smallest absolute Gasteiger partial charge is 0.408 e. The zero-order chi connectivity index (χ0) is 30.9. The molecule has 2 aliphatic heterocycles. The summed E-state index contributed by atoms with van der Waals surface area (Å²) in [4.78, 5) is 67.4. The second kappa shape index (κ2) is 14.5. The number of alkyl carbamates (subject to hydrolysis) is 1. The van der Waals surface area contributed by atoms with Crippen LogP contribution in [0.3, 0.4) is 0 Å².